The van der Waals surface area contributed by atoms with Crippen LogP contribution in [-0.4, -0.2) is 38.8 Å². The molecule has 110 valence electrons. The molecule has 1 heterocycles. The molecular formula is C15H23N3O2. The quantitative estimate of drug-likeness (QED) is 0.874. The van der Waals surface area contributed by atoms with E-state index in [9.17, 15) is 4.79 Å². The van der Waals surface area contributed by atoms with Crippen LogP contribution in [0.2, 0.25) is 0 Å². The zero-order chi connectivity index (χ0) is 14.6. The minimum Gasteiger partial charge on any atom is -0.378 e. The van der Waals surface area contributed by atoms with E-state index in [1.54, 1.807) is 0 Å². The molecule has 0 aliphatic carbocycles. The monoisotopic (exact) mass is 277 g/mol. The lowest BCUT2D eigenvalue weighted by molar-refractivity contribution is -0.123. The molecule has 0 radical (unpaired) electrons. The predicted molar refractivity (Wildman–Crippen MR) is 80.9 cm³/mol. The molecule has 20 heavy (non-hydrogen) atoms. The number of para-hydroxylation sites is 2. The molecule has 1 saturated heterocycles. The highest BCUT2D eigenvalue weighted by Crippen LogP contribution is 2.28. The Kier molecular flexibility index (Phi) is 4.62. The van der Waals surface area contributed by atoms with Gasteiger partial charge in [-0.2, -0.15) is 0 Å². The van der Waals surface area contributed by atoms with Crippen LogP contribution < -0.4 is 16.0 Å². The molecule has 0 atom stereocenters. The van der Waals surface area contributed by atoms with Gasteiger partial charge in [0, 0.05) is 19.6 Å². The van der Waals surface area contributed by atoms with Gasteiger partial charge in [-0.15, -0.1) is 0 Å². The average Bonchev–Trinajstić information content (AvgIpc) is 2.48. The molecular weight excluding hydrogens is 254 g/mol. The lowest BCUT2D eigenvalue weighted by atomic mass is 9.92. The second-order valence-electron chi connectivity index (χ2n) is 5.66. The highest BCUT2D eigenvalue weighted by Gasteiger charge is 2.27. The van der Waals surface area contributed by atoms with Gasteiger partial charge in [-0.1, -0.05) is 12.1 Å². The van der Waals surface area contributed by atoms with Crippen molar-refractivity contribution >= 4 is 17.3 Å². The number of carbonyl (C=O) groups excluding carboxylic acids is 1. The molecule has 2 rings (SSSR count). The summed E-state index contributed by atoms with van der Waals surface area (Å²) in [6.07, 6.45) is 0. The summed E-state index contributed by atoms with van der Waals surface area (Å²) in [6.45, 7) is 7.13. The average molecular weight is 277 g/mol. The largest absolute Gasteiger partial charge is 0.378 e. The molecule has 1 amide bonds. The van der Waals surface area contributed by atoms with Gasteiger partial charge in [0.1, 0.15) is 0 Å². The fraction of sp³-hybridized carbons (Fsp3) is 0.533. The minimum atomic E-state index is -0.571. The highest BCUT2D eigenvalue weighted by molar-refractivity contribution is 5.97. The molecule has 0 spiro atoms. The number of hydrogen-bond donors (Lipinski definition) is 2. The van der Waals surface area contributed by atoms with Crippen LogP contribution in [0.15, 0.2) is 24.3 Å². The van der Waals surface area contributed by atoms with Gasteiger partial charge in [-0.25, -0.2) is 0 Å². The van der Waals surface area contributed by atoms with E-state index >= 15 is 0 Å². The normalized spacial score (nSPS) is 16.1. The molecule has 1 aliphatic rings. The van der Waals surface area contributed by atoms with E-state index in [-0.39, 0.29) is 5.91 Å². The zero-order valence-corrected chi connectivity index (χ0v) is 12.2. The Morgan fingerprint density at radius 3 is 2.65 bits per heavy atom. The maximum Gasteiger partial charge on any atom is 0.231 e. The SMILES string of the molecule is CC(C)(CN)C(=O)Nc1ccccc1N1CCOCC1. The van der Waals surface area contributed by atoms with E-state index in [1.165, 1.54) is 0 Å². The number of hydrogen-bond acceptors (Lipinski definition) is 4. The van der Waals surface area contributed by atoms with Crippen LogP contribution in [-0.2, 0) is 9.53 Å². The first kappa shape index (κ1) is 14.8. The topological polar surface area (TPSA) is 67.6 Å². The third kappa shape index (κ3) is 3.29. The number of rotatable bonds is 4. The predicted octanol–water partition coefficient (Wildman–Crippen LogP) is 1.45. The molecule has 0 unspecified atom stereocenters. The maximum atomic E-state index is 12.3. The fourth-order valence-electron chi connectivity index (χ4n) is 2.04. The molecule has 1 aromatic carbocycles. The second kappa shape index (κ2) is 6.24. The van der Waals surface area contributed by atoms with Gasteiger partial charge in [0.15, 0.2) is 0 Å². The first-order valence-corrected chi connectivity index (χ1v) is 6.98. The molecule has 5 heteroatoms. The maximum absolute atomic E-state index is 12.3. The molecule has 0 bridgehead atoms. The Morgan fingerprint density at radius 1 is 1.35 bits per heavy atom. The molecule has 1 fully saturated rings. The van der Waals surface area contributed by atoms with Gasteiger partial charge in [0.05, 0.1) is 30.0 Å². The Labute approximate surface area is 120 Å². The van der Waals surface area contributed by atoms with Crippen molar-refractivity contribution in [2.45, 2.75) is 13.8 Å². The summed E-state index contributed by atoms with van der Waals surface area (Å²) < 4.78 is 5.37. The van der Waals surface area contributed by atoms with Crippen LogP contribution in [0.4, 0.5) is 11.4 Å². The molecule has 5 nitrogen and oxygen atoms in total. The van der Waals surface area contributed by atoms with Crippen molar-refractivity contribution in [1.82, 2.24) is 0 Å². The van der Waals surface area contributed by atoms with Gasteiger partial charge in [-0.3, -0.25) is 4.79 Å². The summed E-state index contributed by atoms with van der Waals surface area (Å²) in [5.74, 6) is -0.0549. The van der Waals surface area contributed by atoms with Crippen LogP contribution in [0.5, 0.6) is 0 Å². The van der Waals surface area contributed by atoms with Crippen molar-refractivity contribution in [3.8, 4) is 0 Å². The Bertz CT molecular complexity index is 468. The summed E-state index contributed by atoms with van der Waals surface area (Å²) in [5.41, 5.74) is 6.96. The summed E-state index contributed by atoms with van der Waals surface area (Å²) >= 11 is 0. The number of carbonyl (C=O) groups is 1. The number of ether oxygens (including phenoxy) is 1. The third-order valence-electron chi connectivity index (χ3n) is 3.63. The number of benzene rings is 1. The summed E-state index contributed by atoms with van der Waals surface area (Å²) in [7, 11) is 0. The van der Waals surface area contributed by atoms with Crippen molar-refractivity contribution < 1.29 is 9.53 Å². The number of nitrogens with zero attached hydrogens (tertiary/aromatic N) is 1. The number of amides is 1. The molecule has 1 aromatic rings. The smallest absolute Gasteiger partial charge is 0.231 e. The first-order valence-electron chi connectivity index (χ1n) is 6.98. The summed E-state index contributed by atoms with van der Waals surface area (Å²) in [4.78, 5) is 14.5. The van der Waals surface area contributed by atoms with Crippen molar-refractivity contribution in [3.63, 3.8) is 0 Å². The fourth-order valence-corrected chi connectivity index (χ4v) is 2.04. The first-order chi connectivity index (χ1) is 9.54. The zero-order valence-electron chi connectivity index (χ0n) is 12.2. The standard InChI is InChI=1S/C15H23N3O2/c1-15(2,11-16)14(19)17-12-5-3-4-6-13(12)18-7-9-20-10-8-18/h3-6H,7-11,16H2,1-2H3,(H,17,19). The van der Waals surface area contributed by atoms with Crippen molar-refractivity contribution in [1.29, 1.82) is 0 Å². The van der Waals surface area contributed by atoms with E-state index < -0.39 is 5.41 Å². The molecule has 3 N–H and O–H groups in total. The minimum absolute atomic E-state index is 0.0549. The third-order valence-corrected chi connectivity index (χ3v) is 3.63. The van der Waals surface area contributed by atoms with Crippen molar-refractivity contribution in [2.24, 2.45) is 11.1 Å². The van der Waals surface area contributed by atoms with Gasteiger partial charge in [-0.05, 0) is 26.0 Å². The molecule has 0 saturated carbocycles. The van der Waals surface area contributed by atoms with Crippen LogP contribution in [0.25, 0.3) is 0 Å². The molecule has 1 aliphatic heterocycles. The van der Waals surface area contributed by atoms with E-state index in [2.05, 4.69) is 10.2 Å². The summed E-state index contributed by atoms with van der Waals surface area (Å²) in [5, 5.41) is 3.00. The Balaban J connectivity index is 2.17. The van der Waals surface area contributed by atoms with E-state index in [0.29, 0.717) is 6.54 Å². The van der Waals surface area contributed by atoms with Crippen LogP contribution >= 0.6 is 0 Å². The Hall–Kier alpha value is -1.59. The van der Waals surface area contributed by atoms with Gasteiger partial charge < -0.3 is 20.7 Å². The molecule has 0 aromatic heterocycles. The van der Waals surface area contributed by atoms with Crippen molar-refractivity contribution in [2.75, 3.05) is 43.1 Å². The van der Waals surface area contributed by atoms with Crippen LogP contribution in [0.1, 0.15) is 13.8 Å². The number of nitrogens with two attached hydrogens (primary N) is 1. The van der Waals surface area contributed by atoms with Crippen LogP contribution in [0.3, 0.4) is 0 Å². The van der Waals surface area contributed by atoms with Crippen LogP contribution in [0, 0.1) is 5.41 Å². The van der Waals surface area contributed by atoms with Gasteiger partial charge in [0.25, 0.3) is 0 Å². The Morgan fingerprint density at radius 2 is 2.00 bits per heavy atom. The lowest BCUT2D eigenvalue weighted by Gasteiger charge is -2.31. The van der Waals surface area contributed by atoms with Gasteiger partial charge >= 0.3 is 0 Å². The van der Waals surface area contributed by atoms with E-state index in [0.717, 1.165) is 37.7 Å². The lowest BCUT2D eigenvalue weighted by Crippen LogP contribution is -2.39. The number of anilines is 2. The van der Waals surface area contributed by atoms with Crippen molar-refractivity contribution in [3.05, 3.63) is 24.3 Å². The number of morpholine rings is 1. The number of nitrogens with one attached hydrogen (secondary N) is 1. The van der Waals surface area contributed by atoms with Gasteiger partial charge in [0.2, 0.25) is 5.91 Å². The van der Waals surface area contributed by atoms with E-state index in [4.69, 9.17) is 10.5 Å². The highest BCUT2D eigenvalue weighted by atomic mass is 16.5. The summed E-state index contributed by atoms with van der Waals surface area (Å²) in [6, 6.07) is 7.86. The van der Waals surface area contributed by atoms with E-state index in [1.807, 2.05) is 38.1 Å². The second-order valence-corrected chi connectivity index (χ2v) is 5.66.